The molecule has 2 aromatic rings. The van der Waals surface area contributed by atoms with Crippen molar-refractivity contribution in [1.29, 1.82) is 5.26 Å². The number of likely N-dealkylation sites (N-methyl/N-ethyl adjacent to an activating group) is 1. The Labute approximate surface area is 235 Å². The standard InChI is InChI=1S/C30H35ClN6O2/c1-4-26(38)36-16-30(17-36)18-37(19-30)28-22-10-12-35(27-20(2)7-5-9-24(27)31)14-25(22)33-29(23(28)13-32)39-15-21-8-6-11-34(21)3/h4-5,7,9,21H,1,6,8,10-12,14-19H2,2-3H3/t21-/m0/s1. The summed E-state index contributed by atoms with van der Waals surface area (Å²) in [6, 6.07) is 8.78. The van der Waals surface area contributed by atoms with Gasteiger partial charge < -0.3 is 24.3 Å². The SMILES string of the molecule is C=CC(=O)N1CC2(C1)CN(c1c(C#N)c(OC[C@@H]3CCCN3C)nc3c1CCN(c1c(C)cccc1Cl)C3)C2. The number of carbonyl (C=O) groups is 1. The minimum absolute atomic E-state index is 0.0133. The molecule has 3 saturated heterocycles. The third-order valence-corrected chi connectivity index (χ3v) is 9.21. The number of carbonyl (C=O) groups excluding carboxylic acids is 1. The maximum atomic E-state index is 12.0. The highest BCUT2D eigenvalue weighted by molar-refractivity contribution is 6.33. The molecule has 0 unspecified atom stereocenters. The molecule has 1 aromatic heterocycles. The molecule has 4 aliphatic rings. The zero-order valence-corrected chi connectivity index (χ0v) is 23.5. The molecule has 0 aliphatic carbocycles. The summed E-state index contributed by atoms with van der Waals surface area (Å²) < 4.78 is 6.34. The van der Waals surface area contributed by atoms with Gasteiger partial charge in [-0.3, -0.25) is 4.79 Å². The van der Waals surface area contributed by atoms with Crippen molar-refractivity contribution >= 4 is 28.9 Å². The van der Waals surface area contributed by atoms with Crippen LogP contribution < -0.4 is 14.5 Å². The Balaban J connectivity index is 1.32. The van der Waals surface area contributed by atoms with Crippen molar-refractivity contribution in [3.8, 4) is 11.9 Å². The molecule has 8 nitrogen and oxygen atoms in total. The van der Waals surface area contributed by atoms with Gasteiger partial charge in [0.1, 0.15) is 18.2 Å². The fourth-order valence-corrected chi connectivity index (χ4v) is 7.18. The number of aromatic nitrogens is 1. The van der Waals surface area contributed by atoms with Crippen molar-refractivity contribution in [3.63, 3.8) is 0 Å². The summed E-state index contributed by atoms with van der Waals surface area (Å²) in [7, 11) is 2.13. The summed E-state index contributed by atoms with van der Waals surface area (Å²) in [6.07, 6.45) is 4.40. The van der Waals surface area contributed by atoms with E-state index in [0.717, 1.165) is 91.7 Å². The number of nitriles is 1. The number of amides is 1. The minimum Gasteiger partial charge on any atom is -0.475 e. The average molecular weight is 547 g/mol. The van der Waals surface area contributed by atoms with Gasteiger partial charge in [0.25, 0.3) is 0 Å². The molecule has 9 heteroatoms. The number of anilines is 2. The van der Waals surface area contributed by atoms with Crippen LogP contribution >= 0.6 is 11.6 Å². The molecule has 204 valence electrons. The summed E-state index contributed by atoms with van der Waals surface area (Å²) in [5.41, 5.74) is 5.83. The summed E-state index contributed by atoms with van der Waals surface area (Å²) >= 11 is 6.64. The lowest BCUT2D eigenvalue weighted by Crippen LogP contribution is -2.73. The van der Waals surface area contributed by atoms with Crippen LogP contribution in [0.2, 0.25) is 5.02 Å². The van der Waals surface area contributed by atoms with Crippen molar-refractivity contribution in [2.75, 3.05) is 62.7 Å². The van der Waals surface area contributed by atoms with Crippen LogP contribution in [0.1, 0.15) is 35.2 Å². The van der Waals surface area contributed by atoms with E-state index in [4.69, 9.17) is 21.3 Å². The van der Waals surface area contributed by atoms with Crippen molar-refractivity contribution < 1.29 is 9.53 Å². The number of nitrogens with zero attached hydrogens (tertiary/aromatic N) is 6. The van der Waals surface area contributed by atoms with Gasteiger partial charge in [-0.2, -0.15) is 5.26 Å². The van der Waals surface area contributed by atoms with E-state index in [1.165, 1.54) is 6.08 Å². The lowest BCUT2D eigenvalue weighted by Gasteiger charge is -2.61. The summed E-state index contributed by atoms with van der Waals surface area (Å²) in [5, 5.41) is 11.1. The van der Waals surface area contributed by atoms with Gasteiger partial charge in [-0.1, -0.05) is 30.3 Å². The van der Waals surface area contributed by atoms with Crippen LogP contribution in [-0.4, -0.2) is 79.7 Å². The zero-order valence-electron chi connectivity index (χ0n) is 22.7. The fourth-order valence-electron chi connectivity index (χ4n) is 6.84. The smallest absolute Gasteiger partial charge is 0.245 e. The highest BCUT2D eigenvalue weighted by Crippen LogP contribution is 2.47. The molecular formula is C30H35ClN6O2. The highest BCUT2D eigenvalue weighted by Gasteiger charge is 2.54. The second-order valence-corrected chi connectivity index (χ2v) is 12.0. The van der Waals surface area contributed by atoms with Crippen LogP contribution in [0.5, 0.6) is 5.88 Å². The maximum Gasteiger partial charge on any atom is 0.245 e. The highest BCUT2D eigenvalue weighted by atomic mass is 35.5. The topological polar surface area (TPSA) is 75.9 Å². The van der Waals surface area contributed by atoms with Crippen LogP contribution in [-0.2, 0) is 17.8 Å². The predicted molar refractivity (Wildman–Crippen MR) is 152 cm³/mol. The molecule has 1 aromatic carbocycles. The number of likely N-dealkylation sites (tertiary alicyclic amines) is 2. The maximum absolute atomic E-state index is 12.0. The van der Waals surface area contributed by atoms with Crippen LogP contribution in [0.25, 0.3) is 0 Å². The first-order valence-electron chi connectivity index (χ1n) is 13.8. The first-order valence-corrected chi connectivity index (χ1v) is 14.2. The molecule has 4 aliphatic heterocycles. The van der Waals surface area contributed by atoms with Crippen molar-refractivity contribution in [2.45, 2.75) is 38.8 Å². The van der Waals surface area contributed by atoms with E-state index in [9.17, 15) is 10.1 Å². The third kappa shape index (κ3) is 4.52. The van der Waals surface area contributed by atoms with Gasteiger partial charge in [-0.15, -0.1) is 0 Å². The molecule has 6 rings (SSSR count). The van der Waals surface area contributed by atoms with Crippen LogP contribution in [0, 0.1) is 23.7 Å². The van der Waals surface area contributed by atoms with E-state index in [-0.39, 0.29) is 11.3 Å². The van der Waals surface area contributed by atoms with Crippen molar-refractivity contribution in [1.82, 2.24) is 14.8 Å². The largest absolute Gasteiger partial charge is 0.475 e. The van der Waals surface area contributed by atoms with Crippen molar-refractivity contribution in [3.05, 3.63) is 58.3 Å². The Morgan fingerprint density at radius 2 is 2.05 bits per heavy atom. The van der Waals surface area contributed by atoms with Gasteiger partial charge in [-0.25, -0.2) is 4.98 Å². The van der Waals surface area contributed by atoms with Crippen LogP contribution in [0.4, 0.5) is 11.4 Å². The van der Waals surface area contributed by atoms with Gasteiger partial charge in [0, 0.05) is 49.7 Å². The number of benzene rings is 1. The Morgan fingerprint density at radius 1 is 1.26 bits per heavy atom. The number of aryl methyl sites for hydroxylation is 1. The fraction of sp³-hybridized carbons (Fsp3) is 0.500. The number of para-hydroxylation sites is 1. The molecule has 1 spiro atoms. The van der Waals surface area contributed by atoms with Gasteiger partial charge in [-0.05, 0) is 57.5 Å². The molecule has 0 bridgehead atoms. The number of pyridine rings is 1. The normalized spacial score (nSPS) is 21.7. The molecule has 5 heterocycles. The van der Waals surface area contributed by atoms with Crippen LogP contribution in [0.3, 0.4) is 0 Å². The Hall–Kier alpha value is -3.28. The average Bonchev–Trinajstić information content (AvgIpc) is 3.29. The van der Waals surface area contributed by atoms with Gasteiger partial charge in [0.15, 0.2) is 0 Å². The number of fused-ring (bicyclic) bond motifs is 1. The zero-order chi connectivity index (χ0) is 27.3. The van der Waals surface area contributed by atoms with Crippen LogP contribution in [0.15, 0.2) is 30.9 Å². The second kappa shape index (κ2) is 10.0. The molecule has 3 fully saturated rings. The molecule has 39 heavy (non-hydrogen) atoms. The monoisotopic (exact) mass is 546 g/mol. The Kier molecular flexibility index (Phi) is 6.68. The summed E-state index contributed by atoms with van der Waals surface area (Å²) in [6.45, 7) is 11.8. The van der Waals surface area contributed by atoms with E-state index >= 15 is 0 Å². The number of hydrogen-bond donors (Lipinski definition) is 0. The molecule has 0 N–H and O–H groups in total. The van der Waals surface area contributed by atoms with E-state index < -0.39 is 0 Å². The molecule has 0 radical (unpaired) electrons. The summed E-state index contributed by atoms with van der Waals surface area (Å²) in [5.74, 6) is 0.419. The van der Waals surface area contributed by atoms with Gasteiger partial charge in [0.05, 0.1) is 28.6 Å². The Morgan fingerprint density at radius 3 is 2.72 bits per heavy atom. The summed E-state index contributed by atoms with van der Waals surface area (Å²) in [4.78, 5) is 25.8. The minimum atomic E-state index is -0.0133. The van der Waals surface area contributed by atoms with Gasteiger partial charge in [0.2, 0.25) is 11.8 Å². The van der Waals surface area contributed by atoms with E-state index in [2.05, 4.69) is 47.4 Å². The Bertz CT molecular complexity index is 1340. The number of halogens is 1. The quantitative estimate of drug-likeness (QED) is 0.510. The third-order valence-electron chi connectivity index (χ3n) is 8.90. The number of rotatable bonds is 6. The van der Waals surface area contributed by atoms with E-state index in [1.807, 2.05) is 17.0 Å². The predicted octanol–water partition coefficient (Wildman–Crippen LogP) is 3.79. The first-order chi connectivity index (χ1) is 18.8. The second-order valence-electron chi connectivity index (χ2n) is 11.6. The number of ether oxygens (including phenoxy) is 1. The lowest BCUT2D eigenvalue weighted by atomic mass is 9.72. The van der Waals surface area contributed by atoms with Crippen molar-refractivity contribution in [2.24, 2.45) is 5.41 Å². The lowest BCUT2D eigenvalue weighted by molar-refractivity contribution is -0.139. The molecule has 0 saturated carbocycles. The first kappa shape index (κ1) is 26.0. The molecule has 1 atom stereocenters. The number of hydrogen-bond acceptors (Lipinski definition) is 7. The van der Waals surface area contributed by atoms with E-state index in [1.54, 1.807) is 0 Å². The van der Waals surface area contributed by atoms with Gasteiger partial charge >= 0.3 is 0 Å². The molecular weight excluding hydrogens is 512 g/mol. The molecule has 1 amide bonds. The van der Waals surface area contributed by atoms with E-state index in [0.29, 0.717) is 30.6 Å².